The Bertz CT molecular complexity index is 321. The van der Waals surface area contributed by atoms with Gasteiger partial charge >= 0.3 is 0 Å². The summed E-state index contributed by atoms with van der Waals surface area (Å²) in [5, 5.41) is 0.662. The van der Waals surface area contributed by atoms with Crippen molar-refractivity contribution in [1.29, 1.82) is 0 Å². The Balaban J connectivity index is 2.25. The molecule has 0 saturated carbocycles. The lowest BCUT2D eigenvalue weighted by molar-refractivity contribution is 0.906. The van der Waals surface area contributed by atoms with Crippen LogP contribution in [0.25, 0.3) is 0 Å². The monoisotopic (exact) mass is 211 g/mol. The van der Waals surface area contributed by atoms with Crippen LogP contribution in [-0.2, 0) is 6.54 Å². The number of nitrogens with two attached hydrogens (primary N) is 1. The standard InChI is InChI=1S/C10H14ClN3/c11-8-3-4-10(13-9(8)7-12)14-5-1-2-6-14/h3-4H,1-2,5-7,12H2. The van der Waals surface area contributed by atoms with E-state index in [1.54, 1.807) is 0 Å². The molecule has 1 aliphatic rings. The highest BCUT2D eigenvalue weighted by Gasteiger charge is 2.14. The van der Waals surface area contributed by atoms with E-state index in [1.165, 1.54) is 12.8 Å². The molecule has 0 radical (unpaired) electrons. The van der Waals surface area contributed by atoms with Crippen molar-refractivity contribution in [1.82, 2.24) is 4.98 Å². The van der Waals surface area contributed by atoms with Crippen molar-refractivity contribution >= 4 is 17.4 Å². The van der Waals surface area contributed by atoms with Gasteiger partial charge in [0.1, 0.15) is 5.82 Å². The molecule has 0 atom stereocenters. The summed E-state index contributed by atoms with van der Waals surface area (Å²) in [6.45, 7) is 2.60. The third-order valence-corrected chi connectivity index (χ3v) is 2.87. The summed E-state index contributed by atoms with van der Waals surface area (Å²) in [5.74, 6) is 1.01. The first kappa shape index (κ1) is 9.74. The second kappa shape index (κ2) is 4.15. The van der Waals surface area contributed by atoms with Crippen molar-refractivity contribution in [3.8, 4) is 0 Å². The lowest BCUT2D eigenvalue weighted by Crippen LogP contribution is -2.19. The van der Waals surface area contributed by atoms with Crippen LogP contribution in [0.3, 0.4) is 0 Å². The Kier molecular flexibility index (Phi) is 2.89. The van der Waals surface area contributed by atoms with Crippen molar-refractivity contribution < 1.29 is 0 Å². The summed E-state index contributed by atoms with van der Waals surface area (Å²) in [5.41, 5.74) is 6.34. The van der Waals surface area contributed by atoms with Crippen molar-refractivity contribution in [3.63, 3.8) is 0 Å². The van der Waals surface area contributed by atoms with Crippen molar-refractivity contribution in [2.75, 3.05) is 18.0 Å². The first-order valence-electron chi connectivity index (χ1n) is 4.91. The zero-order chi connectivity index (χ0) is 9.97. The predicted octanol–water partition coefficient (Wildman–Crippen LogP) is 1.79. The number of pyridine rings is 1. The van der Waals surface area contributed by atoms with Gasteiger partial charge in [-0.3, -0.25) is 0 Å². The second-order valence-electron chi connectivity index (χ2n) is 3.50. The minimum atomic E-state index is 0.403. The molecule has 14 heavy (non-hydrogen) atoms. The highest BCUT2D eigenvalue weighted by Crippen LogP contribution is 2.21. The zero-order valence-electron chi connectivity index (χ0n) is 8.04. The molecule has 1 saturated heterocycles. The van der Waals surface area contributed by atoms with Crippen LogP contribution < -0.4 is 10.6 Å². The second-order valence-corrected chi connectivity index (χ2v) is 3.90. The molecule has 0 amide bonds. The first-order chi connectivity index (χ1) is 6.81. The van der Waals surface area contributed by atoms with Gasteiger partial charge in [0.25, 0.3) is 0 Å². The van der Waals surface area contributed by atoms with Gasteiger partial charge in [0.05, 0.1) is 10.7 Å². The summed E-state index contributed by atoms with van der Waals surface area (Å²) in [7, 11) is 0. The minimum absolute atomic E-state index is 0.403. The Labute approximate surface area is 88.9 Å². The van der Waals surface area contributed by atoms with E-state index < -0.39 is 0 Å². The molecule has 1 fully saturated rings. The topological polar surface area (TPSA) is 42.1 Å². The summed E-state index contributed by atoms with van der Waals surface area (Å²) in [6.07, 6.45) is 2.50. The molecule has 1 aromatic heterocycles. The van der Waals surface area contributed by atoms with Gasteiger partial charge in [-0.2, -0.15) is 0 Å². The number of rotatable bonds is 2. The molecule has 76 valence electrons. The highest BCUT2D eigenvalue weighted by molar-refractivity contribution is 6.31. The fourth-order valence-electron chi connectivity index (χ4n) is 1.74. The minimum Gasteiger partial charge on any atom is -0.357 e. The van der Waals surface area contributed by atoms with Crippen LogP contribution in [0.5, 0.6) is 0 Å². The van der Waals surface area contributed by atoms with Gasteiger partial charge in [0.2, 0.25) is 0 Å². The molecule has 2 rings (SSSR count). The van der Waals surface area contributed by atoms with Gasteiger partial charge in [0.15, 0.2) is 0 Å². The lowest BCUT2D eigenvalue weighted by Gasteiger charge is -2.17. The number of nitrogens with zero attached hydrogens (tertiary/aromatic N) is 2. The summed E-state index contributed by atoms with van der Waals surface area (Å²) >= 11 is 5.94. The zero-order valence-corrected chi connectivity index (χ0v) is 8.80. The molecule has 0 bridgehead atoms. The van der Waals surface area contributed by atoms with Crippen LogP contribution in [-0.4, -0.2) is 18.1 Å². The van der Waals surface area contributed by atoms with Crippen molar-refractivity contribution in [2.24, 2.45) is 5.73 Å². The van der Waals surface area contributed by atoms with Crippen LogP contribution in [0.1, 0.15) is 18.5 Å². The van der Waals surface area contributed by atoms with E-state index in [0.717, 1.165) is 24.6 Å². The number of anilines is 1. The number of hydrogen-bond donors (Lipinski definition) is 1. The van der Waals surface area contributed by atoms with Gasteiger partial charge in [-0.05, 0) is 25.0 Å². The molecule has 0 unspecified atom stereocenters. The predicted molar refractivity (Wildman–Crippen MR) is 58.6 cm³/mol. The van der Waals surface area contributed by atoms with Crippen LogP contribution in [0.2, 0.25) is 5.02 Å². The lowest BCUT2D eigenvalue weighted by atomic mass is 10.3. The third-order valence-electron chi connectivity index (χ3n) is 2.53. The summed E-state index contributed by atoms with van der Waals surface area (Å²) in [6, 6.07) is 3.84. The molecule has 0 aromatic carbocycles. The summed E-state index contributed by atoms with van der Waals surface area (Å²) in [4.78, 5) is 6.72. The van der Waals surface area contributed by atoms with E-state index >= 15 is 0 Å². The Morgan fingerprint density at radius 3 is 2.71 bits per heavy atom. The Morgan fingerprint density at radius 1 is 1.36 bits per heavy atom. The van der Waals surface area contributed by atoms with Crippen molar-refractivity contribution in [2.45, 2.75) is 19.4 Å². The van der Waals surface area contributed by atoms with Crippen LogP contribution in [0.15, 0.2) is 12.1 Å². The molecule has 3 nitrogen and oxygen atoms in total. The van der Waals surface area contributed by atoms with E-state index in [9.17, 15) is 0 Å². The normalized spacial score (nSPS) is 16.3. The van der Waals surface area contributed by atoms with E-state index in [4.69, 9.17) is 17.3 Å². The maximum atomic E-state index is 5.94. The molecule has 0 aliphatic carbocycles. The van der Waals surface area contributed by atoms with Crippen LogP contribution >= 0.6 is 11.6 Å². The Hall–Kier alpha value is -0.800. The number of halogens is 1. The molecule has 1 aromatic rings. The molecule has 0 spiro atoms. The van der Waals surface area contributed by atoms with E-state index in [0.29, 0.717) is 11.6 Å². The van der Waals surface area contributed by atoms with Gasteiger partial charge in [-0.15, -0.1) is 0 Å². The van der Waals surface area contributed by atoms with Gasteiger partial charge in [0, 0.05) is 19.6 Å². The average Bonchev–Trinajstić information content (AvgIpc) is 2.71. The quantitative estimate of drug-likeness (QED) is 0.811. The van der Waals surface area contributed by atoms with Gasteiger partial charge in [-0.25, -0.2) is 4.98 Å². The fourth-order valence-corrected chi connectivity index (χ4v) is 1.92. The molecular formula is C10H14ClN3. The van der Waals surface area contributed by atoms with Crippen LogP contribution in [0, 0.1) is 0 Å². The number of aromatic nitrogens is 1. The Morgan fingerprint density at radius 2 is 2.07 bits per heavy atom. The van der Waals surface area contributed by atoms with Gasteiger partial charge in [-0.1, -0.05) is 11.6 Å². The average molecular weight is 212 g/mol. The largest absolute Gasteiger partial charge is 0.357 e. The summed E-state index contributed by atoms with van der Waals surface area (Å²) < 4.78 is 0. The maximum Gasteiger partial charge on any atom is 0.128 e. The van der Waals surface area contributed by atoms with E-state index in [-0.39, 0.29) is 0 Å². The fraction of sp³-hybridized carbons (Fsp3) is 0.500. The van der Waals surface area contributed by atoms with Crippen molar-refractivity contribution in [3.05, 3.63) is 22.8 Å². The van der Waals surface area contributed by atoms with Gasteiger partial charge < -0.3 is 10.6 Å². The van der Waals surface area contributed by atoms with E-state index in [1.807, 2.05) is 12.1 Å². The molecule has 2 heterocycles. The third kappa shape index (κ3) is 1.83. The smallest absolute Gasteiger partial charge is 0.128 e. The molecule has 4 heteroatoms. The molecule has 1 aliphatic heterocycles. The number of hydrogen-bond acceptors (Lipinski definition) is 3. The highest BCUT2D eigenvalue weighted by atomic mass is 35.5. The molecular weight excluding hydrogens is 198 g/mol. The maximum absolute atomic E-state index is 5.94. The SMILES string of the molecule is NCc1nc(N2CCCC2)ccc1Cl. The van der Waals surface area contributed by atoms with Crippen LogP contribution in [0.4, 0.5) is 5.82 Å². The first-order valence-corrected chi connectivity index (χ1v) is 5.29. The van der Waals surface area contributed by atoms with E-state index in [2.05, 4.69) is 9.88 Å². The molecule has 2 N–H and O–H groups in total.